The van der Waals surface area contributed by atoms with Crippen molar-refractivity contribution < 1.29 is 18.0 Å². The summed E-state index contributed by atoms with van der Waals surface area (Å²) in [4.78, 5) is 23.8. The summed E-state index contributed by atoms with van der Waals surface area (Å²) >= 11 is 0. The molecule has 1 aliphatic carbocycles. The van der Waals surface area contributed by atoms with Gasteiger partial charge in [0, 0.05) is 24.9 Å². The van der Waals surface area contributed by atoms with Crippen LogP contribution in [0.15, 0.2) is 0 Å². The lowest BCUT2D eigenvalue weighted by atomic mass is 9.85. The summed E-state index contributed by atoms with van der Waals surface area (Å²) in [5.74, 6) is 0.757. The zero-order valence-electron chi connectivity index (χ0n) is 14.6. The first kappa shape index (κ1) is 19.2. The second-order valence-corrected chi connectivity index (χ2v) is 9.51. The smallest absolute Gasteiger partial charge is 0.223 e. The number of carbonyl (C=O) groups is 2. The van der Waals surface area contributed by atoms with Gasteiger partial charge in [0.25, 0.3) is 0 Å². The first-order chi connectivity index (χ1) is 11.4. The summed E-state index contributed by atoms with van der Waals surface area (Å²) in [6.07, 6.45) is 6.25. The number of amides is 2. The Morgan fingerprint density at radius 3 is 2.21 bits per heavy atom. The van der Waals surface area contributed by atoms with E-state index < -0.39 is 9.84 Å². The van der Waals surface area contributed by atoms with Gasteiger partial charge in [-0.3, -0.25) is 9.59 Å². The fourth-order valence-corrected chi connectivity index (χ4v) is 5.05. The lowest BCUT2D eigenvalue weighted by Gasteiger charge is -2.31. The van der Waals surface area contributed by atoms with Gasteiger partial charge in [-0.15, -0.1) is 0 Å². The molecule has 0 aromatic heterocycles. The van der Waals surface area contributed by atoms with E-state index in [0.29, 0.717) is 25.2 Å². The van der Waals surface area contributed by atoms with Crippen LogP contribution in [0.25, 0.3) is 0 Å². The maximum atomic E-state index is 12.3. The van der Waals surface area contributed by atoms with Crippen LogP contribution in [0.3, 0.4) is 0 Å². The summed E-state index contributed by atoms with van der Waals surface area (Å²) in [6.45, 7) is 2.73. The molecule has 1 saturated carbocycles. The van der Waals surface area contributed by atoms with Crippen molar-refractivity contribution in [3.63, 3.8) is 0 Å². The molecule has 2 rings (SSSR count). The Kier molecular flexibility index (Phi) is 7.07. The highest BCUT2D eigenvalue weighted by atomic mass is 32.2. The molecule has 24 heavy (non-hydrogen) atoms. The van der Waals surface area contributed by atoms with Crippen molar-refractivity contribution in [2.45, 2.75) is 64.3 Å². The fourth-order valence-electron chi connectivity index (χ4n) is 3.56. The highest BCUT2D eigenvalue weighted by Crippen LogP contribution is 2.25. The van der Waals surface area contributed by atoms with Crippen LogP contribution >= 0.6 is 0 Å². The number of carbonyl (C=O) groups excluding carboxylic acids is 2. The van der Waals surface area contributed by atoms with Gasteiger partial charge in [0.05, 0.1) is 11.5 Å². The lowest BCUT2D eigenvalue weighted by molar-refractivity contribution is -0.126. The van der Waals surface area contributed by atoms with E-state index in [9.17, 15) is 18.0 Å². The van der Waals surface area contributed by atoms with Crippen molar-refractivity contribution in [3.8, 4) is 0 Å². The Morgan fingerprint density at radius 1 is 1.00 bits per heavy atom. The number of nitrogens with one attached hydrogen (secondary N) is 2. The van der Waals surface area contributed by atoms with Gasteiger partial charge in [-0.2, -0.15) is 0 Å². The van der Waals surface area contributed by atoms with Crippen LogP contribution in [0, 0.1) is 11.8 Å². The molecule has 6 nitrogen and oxygen atoms in total. The van der Waals surface area contributed by atoms with E-state index in [1.54, 1.807) is 0 Å². The second kappa shape index (κ2) is 8.83. The molecule has 1 saturated heterocycles. The predicted octanol–water partition coefficient (Wildman–Crippen LogP) is 1.40. The SMILES string of the molecule is CCCC(=O)NCC1CCC(NC(=O)C2CCS(=O)(=O)CC2)CC1. The van der Waals surface area contributed by atoms with Crippen LogP contribution in [-0.2, 0) is 19.4 Å². The van der Waals surface area contributed by atoms with Crippen LogP contribution in [0.5, 0.6) is 0 Å². The van der Waals surface area contributed by atoms with E-state index in [-0.39, 0.29) is 35.3 Å². The molecule has 0 atom stereocenters. The van der Waals surface area contributed by atoms with E-state index in [1.807, 2.05) is 6.92 Å². The molecule has 2 fully saturated rings. The predicted molar refractivity (Wildman–Crippen MR) is 93.2 cm³/mol. The van der Waals surface area contributed by atoms with Crippen LogP contribution in [0.2, 0.25) is 0 Å². The summed E-state index contributed by atoms with van der Waals surface area (Å²) in [6, 6.07) is 0.193. The van der Waals surface area contributed by atoms with Gasteiger partial charge in [0.2, 0.25) is 11.8 Å². The zero-order chi connectivity index (χ0) is 17.6. The average Bonchev–Trinajstić information content (AvgIpc) is 2.54. The molecule has 7 heteroatoms. The van der Waals surface area contributed by atoms with E-state index in [4.69, 9.17) is 0 Å². The molecule has 2 amide bonds. The molecule has 1 aliphatic heterocycles. The van der Waals surface area contributed by atoms with Gasteiger partial charge in [0.1, 0.15) is 9.84 Å². The van der Waals surface area contributed by atoms with Gasteiger partial charge in [0.15, 0.2) is 0 Å². The lowest BCUT2D eigenvalue weighted by Crippen LogP contribution is -2.43. The van der Waals surface area contributed by atoms with Crippen molar-refractivity contribution in [2.24, 2.45) is 11.8 Å². The maximum Gasteiger partial charge on any atom is 0.223 e. The topological polar surface area (TPSA) is 92.3 Å². The molecule has 0 radical (unpaired) electrons. The minimum Gasteiger partial charge on any atom is -0.356 e. The van der Waals surface area contributed by atoms with E-state index in [1.165, 1.54) is 0 Å². The average molecular weight is 359 g/mol. The van der Waals surface area contributed by atoms with Crippen LogP contribution in [-0.4, -0.2) is 44.3 Å². The van der Waals surface area contributed by atoms with Crippen molar-refractivity contribution >= 4 is 21.7 Å². The molecule has 1 heterocycles. The molecular weight excluding hydrogens is 328 g/mol. The maximum absolute atomic E-state index is 12.3. The standard InChI is InChI=1S/C17H30N2O4S/c1-2-3-16(20)18-12-13-4-6-15(7-5-13)19-17(21)14-8-10-24(22,23)11-9-14/h13-15H,2-12H2,1H3,(H,18,20)(H,19,21). The zero-order valence-corrected chi connectivity index (χ0v) is 15.4. The summed E-state index contributed by atoms with van der Waals surface area (Å²) in [5.41, 5.74) is 0. The molecule has 0 bridgehead atoms. The Bertz CT molecular complexity index is 525. The molecule has 0 aromatic rings. The highest BCUT2D eigenvalue weighted by molar-refractivity contribution is 7.91. The molecule has 138 valence electrons. The third-order valence-electron chi connectivity index (χ3n) is 5.18. The fraction of sp³-hybridized carbons (Fsp3) is 0.882. The molecule has 0 spiro atoms. The van der Waals surface area contributed by atoms with Gasteiger partial charge in [-0.05, 0) is 50.9 Å². The van der Waals surface area contributed by atoms with Crippen molar-refractivity contribution in [3.05, 3.63) is 0 Å². The summed E-state index contributed by atoms with van der Waals surface area (Å²) < 4.78 is 22.9. The third kappa shape index (κ3) is 6.07. The molecule has 2 aliphatic rings. The van der Waals surface area contributed by atoms with E-state index >= 15 is 0 Å². The van der Waals surface area contributed by atoms with Crippen molar-refractivity contribution in [1.29, 1.82) is 0 Å². The van der Waals surface area contributed by atoms with E-state index in [2.05, 4.69) is 10.6 Å². The van der Waals surface area contributed by atoms with Crippen molar-refractivity contribution in [1.82, 2.24) is 10.6 Å². The Balaban J connectivity index is 1.66. The van der Waals surface area contributed by atoms with Gasteiger partial charge in [-0.1, -0.05) is 6.92 Å². The Hall–Kier alpha value is -1.11. The first-order valence-electron chi connectivity index (χ1n) is 9.17. The molecule has 0 unspecified atom stereocenters. The van der Waals surface area contributed by atoms with Gasteiger partial charge >= 0.3 is 0 Å². The number of rotatable bonds is 6. The Labute approximate surface area is 145 Å². The van der Waals surface area contributed by atoms with Crippen LogP contribution < -0.4 is 10.6 Å². The summed E-state index contributed by atoms with van der Waals surface area (Å²) in [7, 11) is -2.92. The number of hydrogen-bond donors (Lipinski definition) is 2. The monoisotopic (exact) mass is 358 g/mol. The highest BCUT2D eigenvalue weighted by Gasteiger charge is 2.30. The van der Waals surface area contributed by atoms with Gasteiger partial charge in [-0.25, -0.2) is 8.42 Å². The number of hydrogen-bond acceptors (Lipinski definition) is 4. The third-order valence-corrected chi connectivity index (χ3v) is 6.90. The van der Waals surface area contributed by atoms with Crippen molar-refractivity contribution in [2.75, 3.05) is 18.1 Å². The normalized spacial score (nSPS) is 27.4. The number of sulfone groups is 1. The molecular formula is C17H30N2O4S. The minimum absolute atomic E-state index is 0.0181. The Morgan fingerprint density at radius 2 is 1.62 bits per heavy atom. The van der Waals surface area contributed by atoms with E-state index in [0.717, 1.165) is 38.6 Å². The second-order valence-electron chi connectivity index (χ2n) is 7.21. The van der Waals surface area contributed by atoms with Crippen LogP contribution in [0.1, 0.15) is 58.3 Å². The molecule has 2 N–H and O–H groups in total. The quantitative estimate of drug-likeness (QED) is 0.751. The minimum atomic E-state index is -2.92. The summed E-state index contributed by atoms with van der Waals surface area (Å²) in [5, 5.41) is 6.09. The van der Waals surface area contributed by atoms with Crippen LogP contribution in [0.4, 0.5) is 0 Å². The van der Waals surface area contributed by atoms with Gasteiger partial charge < -0.3 is 10.6 Å². The molecule has 0 aromatic carbocycles. The first-order valence-corrected chi connectivity index (χ1v) is 11.0. The largest absolute Gasteiger partial charge is 0.356 e.